The van der Waals surface area contributed by atoms with E-state index in [4.69, 9.17) is 4.74 Å². The lowest BCUT2D eigenvalue weighted by atomic mass is 10.0. The molecule has 2 heterocycles. The number of aliphatic imine (C=N–C) groups is 1. The molecule has 23 heavy (non-hydrogen) atoms. The summed E-state index contributed by atoms with van der Waals surface area (Å²) in [5.74, 6) is 1.44. The average Bonchev–Trinajstić information content (AvgIpc) is 2.96. The molecule has 1 fully saturated rings. The minimum absolute atomic E-state index is 0.494. The molecule has 0 amide bonds. The summed E-state index contributed by atoms with van der Waals surface area (Å²) < 4.78 is 6.60. The number of ether oxygens (including phenoxy) is 1. The Labute approximate surface area is 151 Å². The lowest BCUT2D eigenvalue weighted by Gasteiger charge is -2.37. The van der Waals surface area contributed by atoms with Crippen molar-refractivity contribution < 1.29 is 4.74 Å². The van der Waals surface area contributed by atoms with E-state index >= 15 is 0 Å². The summed E-state index contributed by atoms with van der Waals surface area (Å²) in [6.07, 6.45) is 0. The second-order valence-corrected chi connectivity index (χ2v) is 7.91. The van der Waals surface area contributed by atoms with Gasteiger partial charge in [-0.1, -0.05) is 13.8 Å². The van der Waals surface area contributed by atoms with Gasteiger partial charge in [0.05, 0.1) is 19.8 Å². The molecule has 1 unspecified atom stereocenters. The second kappa shape index (κ2) is 9.61. The van der Waals surface area contributed by atoms with E-state index in [9.17, 15) is 0 Å². The van der Waals surface area contributed by atoms with Crippen molar-refractivity contribution in [1.29, 1.82) is 0 Å². The number of hydrogen-bond donors (Lipinski definition) is 2. The van der Waals surface area contributed by atoms with Crippen LogP contribution in [-0.4, -0.2) is 56.8 Å². The van der Waals surface area contributed by atoms with Crippen LogP contribution in [0.5, 0.6) is 0 Å². The average molecular weight is 403 g/mol. The van der Waals surface area contributed by atoms with Gasteiger partial charge >= 0.3 is 0 Å². The number of halogens is 1. The summed E-state index contributed by atoms with van der Waals surface area (Å²) in [4.78, 5) is 8.13. The number of nitrogens with zero attached hydrogens (tertiary/aromatic N) is 2. The SMILES string of the molecule is CN=C(NCc1cc(Br)cs1)NCC(C(C)C)N1CCOCC1. The zero-order valence-electron chi connectivity index (χ0n) is 14.1. The molecule has 1 atom stereocenters. The number of thiophene rings is 1. The normalized spacial score (nSPS) is 18.2. The van der Waals surface area contributed by atoms with E-state index in [1.54, 1.807) is 11.3 Å². The highest BCUT2D eigenvalue weighted by Crippen LogP contribution is 2.19. The quantitative estimate of drug-likeness (QED) is 0.566. The number of hydrogen-bond acceptors (Lipinski definition) is 4. The van der Waals surface area contributed by atoms with Gasteiger partial charge in [-0.25, -0.2) is 0 Å². The van der Waals surface area contributed by atoms with Crippen molar-refractivity contribution in [3.05, 3.63) is 20.8 Å². The van der Waals surface area contributed by atoms with E-state index in [1.807, 2.05) is 7.05 Å². The first-order chi connectivity index (χ1) is 11.1. The maximum absolute atomic E-state index is 5.47. The lowest BCUT2D eigenvalue weighted by Crippen LogP contribution is -2.52. The molecule has 0 radical (unpaired) electrons. The van der Waals surface area contributed by atoms with Gasteiger partial charge in [-0.15, -0.1) is 11.3 Å². The van der Waals surface area contributed by atoms with E-state index in [2.05, 4.69) is 61.7 Å². The zero-order chi connectivity index (χ0) is 16.7. The molecule has 1 saturated heterocycles. The second-order valence-electron chi connectivity index (χ2n) is 6.00. The van der Waals surface area contributed by atoms with E-state index in [0.717, 1.165) is 49.8 Å². The molecule has 1 aromatic heterocycles. The monoisotopic (exact) mass is 402 g/mol. The van der Waals surface area contributed by atoms with Gasteiger partial charge in [0.1, 0.15) is 0 Å². The number of morpholine rings is 1. The minimum Gasteiger partial charge on any atom is -0.379 e. The minimum atomic E-state index is 0.494. The Morgan fingerprint density at radius 3 is 2.70 bits per heavy atom. The third kappa shape index (κ3) is 6.06. The van der Waals surface area contributed by atoms with Crippen LogP contribution >= 0.6 is 27.3 Å². The summed E-state index contributed by atoms with van der Waals surface area (Å²) in [6, 6.07) is 2.63. The molecule has 7 heteroatoms. The highest BCUT2D eigenvalue weighted by molar-refractivity contribution is 9.10. The third-order valence-electron chi connectivity index (χ3n) is 4.04. The van der Waals surface area contributed by atoms with Gasteiger partial charge in [0.2, 0.25) is 0 Å². The molecule has 1 aliphatic rings. The molecular formula is C16H27BrN4OS. The fraction of sp³-hybridized carbons (Fsp3) is 0.688. The Bertz CT molecular complexity index is 500. The first-order valence-corrected chi connectivity index (χ1v) is 9.76. The van der Waals surface area contributed by atoms with Crippen LogP contribution in [0.1, 0.15) is 18.7 Å². The van der Waals surface area contributed by atoms with E-state index in [1.165, 1.54) is 4.88 Å². The van der Waals surface area contributed by atoms with Gasteiger partial charge in [0.25, 0.3) is 0 Å². The van der Waals surface area contributed by atoms with Crippen LogP contribution in [0.3, 0.4) is 0 Å². The van der Waals surface area contributed by atoms with Crippen LogP contribution in [0.25, 0.3) is 0 Å². The summed E-state index contributed by atoms with van der Waals surface area (Å²) in [5.41, 5.74) is 0. The molecule has 5 nitrogen and oxygen atoms in total. The Hall–Kier alpha value is -0.630. The molecule has 0 saturated carbocycles. The van der Waals surface area contributed by atoms with Crippen LogP contribution in [0, 0.1) is 5.92 Å². The molecule has 1 aromatic rings. The van der Waals surface area contributed by atoms with E-state index < -0.39 is 0 Å². The van der Waals surface area contributed by atoms with Crippen molar-refractivity contribution in [2.75, 3.05) is 39.9 Å². The van der Waals surface area contributed by atoms with Crippen LogP contribution in [0.2, 0.25) is 0 Å². The van der Waals surface area contributed by atoms with Crippen molar-refractivity contribution in [2.24, 2.45) is 10.9 Å². The van der Waals surface area contributed by atoms with Crippen molar-refractivity contribution in [2.45, 2.75) is 26.4 Å². The first-order valence-electron chi connectivity index (χ1n) is 8.09. The van der Waals surface area contributed by atoms with E-state index in [0.29, 0.717) is 12.0 Å². The molecule has 0 aromatic carbocycles. The number of nitrogens with one attached hydrogen (secondary N) is 2. The van der Waals surface area contributed by atoms with Crippen molar-refractivity contribution in [1.82, 2.24) is 15.5 Å². The molecule has 0 aliphatic carbocycles. The van der Waals surface area contributed by atoms with Crippen LogP contribution in [0.15, 0.2) is 20.9 Å². The maximum atomic E-state index is 5.47. The zero-order valence-corrected chi connectivity index (χ0v) is 16.5. The predicted octanol–water partition coefficient (Wildman–Crippen LogP) is 2.53. The van der Waals surface area contributed by atoms with Gasteiger partial charge in [-0.3, -0.25) is 9.89 Å². The maximum Gasteiger partial charge on any atom is 0.191 e. The Balaban J connectivity index is 1.82. The standard InChI is InChI=1S/C16H27BrN4OS/c1-12(2)15(21-4-6-22-7-5-21)10-20-16(18-3)19-9-14-8-13(17)11-23-14/h8,11-12,15H,4-7,9-10H2,1-3H3,(H2,18,19,20). The summed E-state index contributed by atoms with van der Waals surface area (Å²) in [5, 5.41) is 8.95. The van der Waals surface area contributed by atoms with Crippen molar-refractivity contribution in [3.8, 4) is 0 Å². The van der Waals surface area contributed by atoms with Gasteiger partial charge < -0.3 is 15.4 Å². The first kappa shape index (κ1) is 18.7. The molecule has 2 rings (SSSR count). The highest BCUT2D eigenvalue weighted by Gasteiger charge is 2.23. The topological polar surface area (TPSA) is 48.9 Å². The molecule has 2 N–H and O–H groups in total. The summed E-state index contributed by atoms with van der Waals surface area (Å²) in [6.45, 7) is 9.94. The number of rotatable bonds is 6. The molecule has 1 aliphatic heterocycles. The number of guanidine groups is 1. The predicted molar refractivity (Wildman–Crippen MR) is 101 cm³/mol. The fourth-order valence-corrected chi connectivity index (χ4v) is 4.13. The Kier molecular flexibility index (Phi) is 7.82. The summed E-state index contributed by atoms with van der Waals surface area (Å²) in [7, 11) is 1.82. The van der Waals surface area contributed by atoms with Crippen LogP contribution in [-0.2, 0) is 11.3 Å². The van der Waals surface area contributed by atoms with Gasteiger partial charge in [-0.2, -0.15) is 0 Å². The largest absolute Gasteiger partial charge is 0.379 e. The molecular weight excluding hydrogens is 376 g/mol. The van der Waals surface area contributed by atoms with Crippen molar-refractivity contribution >= 4 is 33.2 Å². The van der Waals surface area contributed by atoms with Gasteiger partial charge in [0.15, 0.2) is 5.96 Å². The fourth-order valence-electron chi connectivity index (χ4n) is 2.73. The van der Waals surface area contributed by atoms with E-state index in [-0.39, 0.29) is 0 Å². The summed E-state index contributed by atoms with van der Waals surface area (Å²) >= 11 is 5.23. The molecule has 0 bridgehead atoms. The highest BCUT2D eigenvalue weighted by atomic mass is 79.9. The van der Waals surface area contributed by atoms with Crippen molar-refractivity contribution in [3.63, 3.8) is 0 Å². The lowest BCUT2D eigenvalue weighted by molar-refractivity contribution is 0.00752. The van der Waals surface area contributed by atoms with Gasteiger partial charge in [-0.05, 0) is 27.9 Å². The Morgan fingerprint density at radius 2 is 2.13 bits per heavy atom. The van der Waals surface area contributed by atoms with Crippen LogP contribution in [0.4, 0.5) is 0 Å². The smallest absolute Gasteiger partial charge is 0.191 e. The molecule has 130 valence electrons. The van der Waals surface area contributed by atoms with Crippen LogP contribution < -0.4 is 10.6 Å². The van der Waals surface area contributed by atoms with Gasteiger partial charge in [0, 0.05) is 47.5 Å². The molecule has 0 spiro atoms. The Morgan fingerprint density at radius 1 is 1.39 bits per heavy atom. The third-order valence-corrected chi connectivity index (χ3v) is 5.74.